The molecular formula is C9H18IN. The summed E-state index contributed by atoms with van der Waals surface area (Å²) in [5, 5.41) is 0. The van der Waals surface area contributed by atoms with Gasteiger partial charge in [0.05, 0.1) is 0 Å². The van der Waals surface area contributed by atoms with Crippen molar-refractivity contribution in [2.45, 2.75) is 32.7 Å². The number of halogens is 1. The summed E-state index contributed by atoms with van der Waals surface area (Å²) in [4.78, 5) is 2.65. The van der Waals surface area contributed by atoms with Crippen LogP contribution < -0.4 is 0 Å². The van der Waals surface area contributed by atoms with Crippen molar-refractivity contribution in [1.82, 2.24) is 4.90 Å². The van der Waals surface area contributed by atoms with E-state index in [1.165, 1.54) is 30.4 Å². The maximum Gasteiger partial charge on any atom is 0.0123 e. The van der Waals surface area contributed by atoms with E-state index in [2.05, 4.69) is 41.3 Å². The van der Waals surface area contributed by atoms with E-state index in [1.807, 2.05) is 0 Å². The molecule has 0 N–H and O–H groups in total. The fourth-order valence-corrected chi connectivity index (χ4v) is 2.61. The monoisotopic (exact) mass is 267 g/mol. The normalized spacial score (nSPS) is 26.7. The lowest BCUT2D eigenvalue weighted by Gasteiger charge is -2.26. The summed E-state index contributed by atoms with van der Waals surface area (Å²) in [5.41, 5.74) is 0. The summed E-state index contributed by atoms with van der Waals surface area (Å²) in [5.74, 6) is 0.848. The van der Waals surface area contributed by atoms with Gasteiger partial charge in [-0.3, -0.25) is 4.90 Å². The van der Waals surface area contributed by atoms with Crippen molar-refractivity contribution in [2.24, 2.45) is 5.92 Å². The molecular weight excluding hydrogens is 249 g/mol. The van der Waals surface area contributed by atoms with Crippen LogP contribution in [-0.4, -0.2) is 28.5 Å². The van der Waals surface area contributed by atoms with Crippen LogP contribution in [0.3, 0.4) is 0 Å². The first kappa shape index (κ1) is 9.78. The van der Waals surface area contributed by atoms with Crippen molar-refractivity contribution >= 4 is 22.6 Å². The average Bonchev–Trinajstić information content (AvgIpc) is 2.36. The van der Waals surface area contributed by atoms with E-state index in [0.717, 1.165) is 12.0 Å². The zero-order valence-electron chi connectivity index (χ0n) is 7.52. The van der Waals surface area contributed by atoms with Crippen LogP contribution >= 0.6 is 22.6 Å². The van der Waals surface area contributed by atoms with Crippen molar-refractivity contribution in [3.8, 4) is 0 Å². The number of hydrogen-bond acceptors (Lipinski definition) is 1. The van der Waals surface area contributed by atoms with Crippen molar-refractivity contribution in [3.05, 3.63) is 0 Å². The Morgan fingerprint density at radius 3 is 2.82 bits per heavy atom. The minimum absolute atomic E-state index is 0.848. The minimum Gasteiger partial charge on any atom is -0.299 e. The van der Waals surface area contributed by atoms with Crippen LogP contribution in [0.2, 0.25) is 0 Å². The molecule has 0 aliphatic carbocycles. The van der Waals surface area contributed by atoms with Crippen LogP contribution in [0.1, 0.15) is 26.7 Å². The first-order valence-corrected chi connectivity index (χ1v) is 6.08. The zero-order valence-corrected chi connectivity index (χ0v) is 9.67. The molecule has 66 valence electrons. The molecule has 1 aliphatic rings. The topological polar surface area (TPSA) is 3.24 Å². The Morgan fingerprint density at radius 2 is 2.27 bits per heavy atom. The molecule has 1 nitrogen and oxygen atoms in total. The molecule has 1 fully saturated rings. The fourth-order valence-electron chi connectivity index (χ4n) is 1.99. The molecule has 1 atom stereocenters. The number of nitrogens with zero attached hydrogens (tertiary/aromatic N) is 1. The molecule has 0 aromatic heterocycles. The predicted octanol–water partition coefficient (Wildman–Crippen LogP) is 2.54. The van der Waals surface area contributed by atoms with Gasteiger partial charge < -0.3 is 0 Å². The Hall–Kier alpha value is 0.690. The number of alkyl halides is 1. The molecule has 1 saturated heterocycles. The van der Waals surface area contributed by atoms with Crippen LogP contribution in [0.25, 0.3) is 0 Å². The van der Waals surface area contributed by atoms with Gasteiger partial charge in [-0.15, -0.1) is 0 Å². The Balaban J connectivity index is 2.37. The van der Waals surface area contributed by atoms with Gasteiger partial charge in [0, 0.05) is 17.0 Å². The van der Waals surface area contributed by atoms with Crippen molar-refractivity contribution < 1.29 is 0 Å². The maximum absolute atomic E-state index is 2.65. The summed E-state index contributed by atoms with van der Waals surface area (Å²) < 4.78 is 1.28. The highest BCUT2D eigenvalue weighted by Crippen LogP contribution is 2.23. The van der Waals surface area contributed by atoms with Gasteiger partial charge in [-0.1, -0.05) is 36.4 Å². The Bertz CT molecular complexity index is 114. The van der Waals surface area contributed by atoms with E-state index in [1.54, 1.807) is 0 Å². The highest BCUT2D eigenvalue weighted by molar-refractivity contribution is 14.1. The van der Waals surface area contributed by atoms with Gasteiger partial charge in [-0.2, -0.15) is 0 Å². The molecule has 0 radical (unpaired) electrons. The highest BCUT2D eigenvalue weighted by atomic mass is 127. The minimum atomic E-state index is 0.848. The lowest BCUT2D eigenvalue weighted by molar-refractivity contribution is 0.220. The molecule has 0 bridgehead atoms. The lowest BCUT2D eigenvalue weighted by Crippen LogP contribution is -2.34. The van der Waals surface area contributed by atoms with Gasteiger partial charge in [-0.25, -0.2) is 0 Å². The van der Waals surface area contributed by atoms with Crippen LogP contribution in [0, 0.1) is 5.92 Å². The van der Waals surface area contributed by atoms with Crippen LogP contribution in [-0.2, 0) is 0 Å². The number of hydrogen-bond donors (Lipinski definition) is 0. The predicted molar refractivity (Wildman–Crippen MR) is 58.3 cm³/mol. The van der Waals surface area contributed by atoms with Crippen molar-refractivity contribution in [1.29, 1.82) is 0 Å². The van der Waals surface area contributed by atoms with E-state index < -0.39 is 0 Å². The van der Waals surface area contributed by atoms with E-state index in [0.29, 0.717) is 0 Å². The van der Waals surface area contributed by atoms with Gasteiger partial charge in [0.15, 0.2) is 0 Å². The average molecular weight is 267 g/mol. The SMILES string of the molecule is CC(C)C1CCCN1CCI. The maximum atomic E-state index is 2.65. The number of likely N-dealkylation sites (tertiary alicyclic amines) is 1. The second-order valence-electron chi connectivity index (χ2n) is 3.68. The molecule has 0 saturated carbocycles. The second kappa shape index (κ2) is 4.65. The Labute approximate surface area is 83.7 Å². The number of rotatable bonds is 3. The third-order valence-electron chi connectivity index (χ3n) is 2.56. The van der Waals surface area contributed by atoms with Crippen molar-refractivity contribution in [2.75, 3.05) is 17.5 Å². The fraction of sp³-hybridized carbons (Fsp3) is 1.00. The smallest absolute Gasteiger partial charge is 0.0123 e. The molecule has 1 heterocycles. The van der Waals surface area contributed by atoms with Crippen LogP contribution in [0.15, 0.2) is 0 Å². The van der Waals surface area contributed by atoms with Gasteiger partial charge in [0.25, 0.3) is 0 Å². The molecule has 0 aromatic carbocycles. The lowest BCUT2D eigenvalue weighted by atomic mass is 10.0. The summed E-state index contributed by atoms with van der Waals surface area (Å²) in [6.07, 6.45) is 2.84. The first-order valence-electron chi connectivity index (χ1n) is 4.55. The van der Waals surface area contributed by atoms with Crippen LogP contribution in [0.5, 0.6) is 0 Å². The Kier molecular flexibility index (Phi) is 4.13. The quantitative estimate of drug-likeness (QED) is 0.561. The molecule has 1 rings (SSSR count). The Morgan fingerprint density at radius 1 is 1.55 bits per heavy atom. The first-order chi connectivity index (χ1) is 5.25. The zero-order chi connectivity index (χ0) is 8.27. The molecule has 0 aromatic rings. The van der Waals surface area contributed by atoms with E-state index in [4.69, 9.17) is 0 Å². The third kappa shape index (κ3) is 2.58. The third-order valence-corrected chi connectivity index (χ3v) is 3.04. The van der Waals surface area contributed by atoms with Gasteiger partial charge in [0.1, 0.15) is 0 Å². The van der Waals surface area contributed by atoms with E-state index in [-0.39, 0.29) is 0 Å². The van der Waals surface area contributed by atoms with Gasteiger partial charge >= 0.3 is 0 Å². The molecule has 1 unspecified atom stereocenters. The second-order valence-corrected chi connectivity index (χ2v) is 4.76. The van der Waals surface area contributed by atoms with Crippen molar-refractivity contribution in [3.63, 3.8) is 0 Å². The summed E-state index contributed by atoms with van der Waals surface area (Å²) >= 11 is 2.47. The van der Waals surface area contributed by atoms with E-state index in [9.17, 15) is 0 Å². The van der Waals surface area contributed by atoms with Gasteiger partial charge in [-0.05, 0) is 25.3 Å². The molecule has 2 heteroatoms. The molecule has 0 amide bonds. The van der Waals surface area contributed by atoms with E-state index >= 15 is 0 Å². The summed E-state index contributed by atoms with van der Waals surface area (Å²) in [6.45, 7) is 7.32. The summed E-state index contributed by atoms with van der Waals surface area (Å²) in [6, 6.07) is 0.879. The molecule has 0 spiro atoms. The highest BCUT2D eigenvalue weighted by Gasteiger charge is 2.25. The largest absolute Gasteiger partial charge is 0.299 e. The standard InChI is InChI=1S/C9H18IN/c1-8(2)9-4-3-6-11(9)7-5-10/h8-9H,3-7H2,1-2H3. The molecule has 11 heavy (non-hydrogen) atoms. The van der Waals surface area contributed by atoms with Crippen LogP contribution in [0.4, 0.5) is 0 Å². The van der Waals surface area contributed by atoms with Gasteiger partial charge in [0.2, 0.25) is 0 Å². The summed E-state index contributed by atoms with van der Waals surface area (Å²) in [7, 11) is 0. The molecule has 1 aliphatic heterocycles.